The van der Waals surface area contributed by atoms with E-state index in [1.165, 1.54) is 48.2 Å². The zero-order chi connectivity index (χ0) is 26.7. The molecule has 1 fully saturated rings. The highest BCUT2D eigenvalue weighted by Crippen LogP contribution is 2.32. The Hall–Kier alpha value is -3.76. The predicted octanol–water partition coefficient (Wildman–Crippen LogP) is 5.07. The van der Waals surface area contributed by atoms with E-state index in [9.17, 15) is 21.6 Å². The Morgan fingerprint density at radius 3 is 1.79 bits per heavy atom. The fraction of sp³-hybridized carbons (Fsp3) is 0.214. The van der Waals surface area contributed by atoms with Gasteiger partial charge in [-0.05, 0) is 78.1 Å². The maximum Gasteiger partial charge on any atom is 0.284 e. The van der Waals surface area contributed by atoms with Crippen LogP contribution in [0.4, 0.5) is 13.2 Å². The van der Waals surface area contributed by atoms with Gasteiger partial charge in [0.2, 0.25) is 0 Å². The Kier molecular flexibility index (Phi) is 7.44. The first kappa shape index (κ1) is 25.9. The van der Waals surface area contributed by atoms with Gasteiger partial charge in [-0.2, -0.15) is 8.42 Å². The topological polar surface area (TPSA) is 68.1 Å². The second-order valence-electron chi connectivity index (χ2n) is 9.13. The van der Waals surface area contributed by atoms with Crippen molar-refractivity contribution in [1.82, 2.24) is 19.3 Å². The Balaban J connectivity index is 1.26. The van der Waals surface area contributed by atoms with Gasteiger partial charge in [0.1, 0.15) is 17.5 Å². The number of hydrogen-bond donors (Lipinski definition) is 0. The molecule has 1 aliphatic rings. The van der Waals surface area contributed by atoms with E-state index in [-0.39, 0.29) is 16.5 Å². The van der Waals surface area contributed by atoms with Gasteiger partial charge in [-0.25, -0.2) is 13.2 Å². The molecule has 0 N–H and O–H groups in total. The molecule has 196 valence electrons. The Morgan fingerprint density at radius 2 is 1.26 bits per heavy atom. The highest BCUT2D eigenvalue weighted by atomic mass is 32.2. The Labute approximate surface area is 219 Å². The standard InChI is InChI=1S/C28H25F3N4O2S/c29-23-5-1-20(2-6-23)28(21-3-7-24(30)8-4-21)22-13-16-34(17-14-22)18-15-26-19-35(33-32-26)38(36,37)27-11-9-25(31)10-12-27/h1-12,19H,13-18H2. The van der Waals surface area contributed by atoms with Crippen molar-refractivity contribution in [2.75, 3.05) is 19.6 Å². The van der Waals surface area contributed by atoms with Gasteiger partial charge in [0, 0.05) is 26.1 Å². The number of nitrogens with zero attached hydrogens (tertiary/aromatic N) is 4. The van der Waals surface area contributed by atoms with E-state index in [4.69, 9.17) is 0 Å². The first-order chi connectivity index (χ1) is 18.3. The maximum absolute atomic E-state index is 13.6. The average molecular weight is 539 g/mol. The van der Waals surface area contributed by atoms with Gasteiger partial charge in [0.05, 0.1) is 16.8 Å². The summed E-state index contributed by atoms with van der Waals surface area (Å²) in [7, 11) is -3.94. The third-order valence-corrected chi connectivity index (χ3v) is 8.18. The van der Waals surface area contributed by atoms with Crippen molar-refractivity contribution >= 4 is 15.6 Å². The highest BCUT2D eigenvalue weighted by molar-refractivity contribution is 7.89. The van der Waals surface area contributed by atoms with Gasteiger partial charge in [-0.3, -0.25) is 0 Å². The normalized spacial score (nSPS) is 14.6. The number of halogens is 3. The minimum atomic E-state index is -3.94. The van der Waals surface area contributed by atoms with Gasteiger partial charge in [-0.1, -0.05) is 35.1 Å². The second-order valence-corrected chi connectivity index (χ2v) is 10.9. The van der Waals surface area contributed by atoms with Crippen molar-refractivity contribution in [2.24, 2.45) is 0 Å². The molecule has 3 aromatic carbocycles. The summed E-state index contributed by atoms with van der Waals surface area (Å²) in [5.41, 5.74) is 4.53. The van der Waals surface area contributed by atoms with Crippen LogP contribution in [0, 0.1) is 17.5 Å². The van der Waals surface area contributed by atoms with E-state index in [2.05, 4.69) is 15.2 Å². The SMILES string of the molecule is O=S(=O)(c1ccc(F)cc1)n1cc(CCN2CCC(=C(c3ccc(F)cc3)c3ccc(F)cc3)CC2)nn1. The minimum Gasteiger partial charge on any atom is -0.302 e. The van der Waals surface area contributed by atoms with E-state index < -0.39 is 15.8 Å². The second kappa shape index (κ2) is 10.9. The highest BCUT2D eigenvalue weighted by Gasteiger charge is 2.21. The summed E-state index contributed by atoms with van der Waals surface area (Å²) in [6.45, 7) is 2.23. The maximum atomic E-state index is 13.6. The molecule has 4 aromatic rings. The number of benzene rings is 3. The summed E-state index contributed by atoms with van der Waals surface area (Å²) < 4.78 is 66.5. The molecule has 38 heavy (non-hydrogen) atoms. The smallest absolute Gasteiger partial charge is 0.284 e. The van der Waals surface area contributed by atoms with Crippen LogP contribution in [0.5, 0.6) is 0 Å². The lowest BCUT2D eigenvalue weighted by Gasteiger charge is -2.30. The van der Waals surface area contributed by atoms with E-state index in [1.54, 1.807) is 24.3 Å². The van der Waals surface area contributed by atoms with Crippen molar-refractivity contribution in [3.8, 4) is 0 Å². The van der Waals surface area contributed by atoms with Crippen molar-refractivity contribution in [2.45, 2.75) is 24.2 Å². The van der Waals surface area contributed by atoms with Crippen molar-refractivity contribution in [1.29, 1.82) is 0 Å². The van der Waals surface area contributed by atoms with E-state index in [1.807, 2.05) is 0 Å². The molecule has 1 aliphatic heterocycles. The molecule has 10 heteroatoms. The summed E-state index contributed by atoms with van der Waals surface area (Å²) in [5.74, 6) is -1.14. The van der Waals surface area contributed by atoms with Crippen LogP contribution in [-0.2, 0) is 16.4 Å². The first-order valence-corrected chi connectivity index (χ1v) is 13.6. The largest absolute Gasteiger partial charge is 0.302 e. The van der Waals surface area contributed by atoms with Crippen LogP contribution >= 0.6 is 0 Å². The molecule has 0 radical (unpaired) electrons. The lowest BCUT2D eigenvalue weighted by atomic mass is 9.88. The van der Waals surface area contributed by atoms with Crippen molar-refractivity contribution in [3.05, 3.63) is 119 Å². The molecule has 0 amide bonds. The Morgan fingerprint density at radius 1 is 0.763 bits per heavy atom. The molecule has 2 heterocycles. The third kappa shape index (κ3) is 5.71. The number of hydrogen-bond acceptors (Lipinski definition) is 5. The van der Waals surface area contributed by atoms with Crippen molar-refractivity contribution < 1.29 is 21.6 Å². The zero-order valence-corrected chi connectivity index (χ0v) is 21.2. The lowest BCUT2D eigenvalue weighted by Crippen LogP contribution is -2.33. The van der Waals surface area contributed by atoms with Gasteiger partial charge >= 0.3 is 0 Å². The van der Waals surface area contributed by atoms with Crippen LogP contribution in [0.25, 0.3) is 5.57 Å². The third-order valence-electron chi connectivity index (χ3n) is 6.64. The molecular weight excluding hydrogens is 513 g/mol. The van der Waals surface area contributed by atoms with Crippen LogP contribution in [-0.4, -0.2) is 47.4 Å². The summed E-state index contributed by atoms with van der Waals surface area (Å²) in [6, 6.07) is 17.3. The number of likely N-dealkylation sites (tertiary alicyclic amines) is 1. The number of rotatable bonds is 7. The Bertz CT molecular complexity index is 1490. The van der Waals surface area contributed by atoms with Crippen LogP contribution in [0.1, 0.15) is 29.7 Å². The predicted molar refractivity (Wildman–Crippen MR) is 137 cm³/mol. The minimum absolute atomic E-state index is 0.0659. The molecule has 0 unspecified atom stereocenters. The van der Waals surface area contributed by atoms with E-state index >= 15 is 0 Å². The summed E-state index contributed by atoms with van der Waals surface area (Å²) in [5, 5.41) is 7.78. The van der Waals surface area contributed by atoms with Gasteiger partial charge in [0.25, 0.3) is 10.0 Å². The van der Waals surface area contributed by atoms with Gasteiger partial charge < -0.3 is 4.90 Å². The summed E-state index contributed by atoms with van der Waals surface area (Å²) >= 11 is 0. The number of piperidine rings is 1. The lowest BCUT2D eigenvalue weighted by molar-refractivity contribution is 0.259. The van der Waals surface area contributed by atoms with Crippen LogP contribution in [0.15, 0.2) is 89.5 Å². The molecular formula is C28H25F3N4O2S. The molecule has 0 saturated carbocycles. The molecule has 1 aromatic heterocycles. The van der Waals surface area contributed by atoms with E-state index in [0.717, 1.165) is 58.9 Å². The monoisotopic (exact) mass is 538 g/mol. The van der Waals surface area contributed by atoms with Gasteiger partial charge in [-0.15, -0.1) is 9.19 Å². The van der Waals surface area contributed by atoms with Crippen LogP contribution < -0.4 is 0 Å². The molecule has 6 nitrogen and oxygen atoms in total. The van der Waals surface area contributed by atoms with Crippen molar-refractivity contribution in [3.63, 3.8) is 0 Å². The van der Waals surface area contributed by atoms with Gasteiger partial charge in [0.15, 0.2) is 0 Å². The number of aromatic nitrogens is 3. The fourth-order valence-corrected chi connectivity index (χ4v) is 5.69. The molecule has 0 aliphatic carbocycles. The summed E-state index contributed by atoms with van der Waals surface area (Å²) in [6.07, 6.45) is 3.47. The summed E-state index contributed by atoms with van der Waals surface area (Å²) in [4.78, 5) is 2.20. The van der Waals surface area contributed by atoms with E-state index in [0.29, 0.717) is 18.7 Å². The molecule has 0 atom stereocenters. The average Bonchev–Trinajstić information content (AvgIpc) is 3.41. The first-order valence-electron chi connectivity index (χ1n) is 12.2. The molecule has 0 bridgehead atoms. The molecule has 0 spiro atoms. The van der Waals surface area contributed by atoms with Crippen LogP contribution in [0.3, 0.4) is 0 Å². The fourth-order valence-electron chi connectivity index (χ4n) is 4.60. The molecule has 1 saturated heterocycles. The van der Waals surface area contributed by atoms with Crippen LogP contribution in [0.2, 0.25) is 0 Å². The zero-order valence-electron chi connectivity index (χ0n) is 20.4. The quantitative estimate of drug-likeness (QED) is 0.329. The molecule has 5 rings (SSSR count).